The highest BCUT2D eigenvalue weighted by Crippen LogP contribution is 2.40. The highest BCUT2D eigenvalue weighted by Gasteiger charge is 2.34. The Morgan fingerprint density at radius 1 is 1.25 bits per heavy atom. The highest BCUT2D eigenvalue weighted by molar-refractivity contribution is 8.00. The lowest BCUT2D eigenvalue weighted by Gasteiger charge is -2.31. The fourth-order valence-corrected chi connectivity index (χ4v) is 4.33. The van der Waals surface area contributed by atoms with Crippen LogP contribution in [0.15, 0.2) is 29.2 Å². The molecule has 0 saturated heterocycles. The number of hydrogen-bond acceptors (Lipinski definition) is 2. The third kappa shape index (κ3) is 3.78. The summed E-state index contributed by atoms with van der Waals surface area (Å²) >= 11 is 1.74. The lowest BCUT2D eigenvalue weighted by molar-refractivity contribution is -0.142. The van der Waals surface area contributed by atoms with Gasteiger partial charge in [-0.25, -0.2) is 0 Å². The minimum atomic E-state index is -0.631. The van der Waals surface area contributed by atoms with Crippen molar-refractivity contribution in [3.63, 3.8) is 0 Å². The van der Waals surface area contributed by atoms with Gasteiger partial charge in [-0.3, -0.25) is 4.79 Å². The summed E-state index contributed by atoms with van der Waals surface area (Å²) in [6, 6.07) is 8.60. The fourth-order valence-electron chi connectivity index (χ4n) is 2.85. The molecule has 1 N–H and O–H groups in total. The Bertz CT molecular complexity index is 453. The number of rotatable bonds is 4. The monoisotopic (exact) mass is 292 g/mol. The molecule has 3 atom stereocenters. The molecule has 0 spiro atoms. The van der Waals surface area contributed by atoms with E-state index in [2.05, 4.69) is 45.0 Å². The molecule has 0 heterocycles. The van der Waals surface area contributed by atoms with E-state index in [-0.39, 0.29) is 11.2 Å². The van der Waals surface area contributed by atoms with E-state index in [1.54, 1.807) is 11.8 Å². The maximum Gasteiger partial charge on any atom is 0.307 e. The maximum absolute atomic E-state index is 11.4. The van der Waals surface area contributed by atoms with Crippen LogP contribution < -0.4 is 0 Å². The van der Waals surface area contributed by atoms with E-state index in [1.165, 1.54) is 10.5 Å². The topological polar surface area (TPSA) is 37.3 Å². The van der Waals surface area contributed by atoms with Crippen LogP contribution in [0.25, 0.3) is 0 Å². The first-order valence-corrected chi connectivity index (χ1v) is 8.34. The third-order valence-corrected chi connectivity index (χ3v) is 5.57. The molecule has 2 nitrogen and oxygen atoms in total. The van der Waals surface area contributed by atoms with E-state index < -0.39 is 5.97 Å². The third-order valence-electron chi connectivity index (χ3n) is 4.21. The van der Waals surface area contributed by atoms with Gasteiger partial charge in [-0.05, 0) is 48.8 Å². The summed E-state index contributed by atoms with van der Waals surface area (Å²) in [4.78, 5) is 12.6. The number of hydrogen-bond donors (Lipinski definition) is 1. The number of thioether (sulfide) groups is 1. The van der Waals surface area contributed by atoms with Gasteiger partial charge in [0.05, 0.1) is 5.92 Å². The maximum atomic E-state index is 11.4. The van der Waals surface area contributed by atoms with Gasteiger partial charge in [-0.1, -0.05) is 32.9 Å². The second-order valence-electron chi connectivity index (χ2n) is 6.24. The predicted molar refractivity (Wildman–Crippen MR) is 84.3 cm³/mol. The Kier molecular flexibility index (Phi) is 5.14. The summed E-state index contributed by atoms with van der Waals surface area (Å²) in [6.07, 6.45) is 2.87. The molecule has 0 bridgehead atoms. The molecule has 1 aromatic rings. The van der Waals surface area contributed by atoms with Gasteiger partial charge in [-0.2, -0.15) is 0 Å². The van der Waals surface area contributed by atoms with Gasteiger partial charge in [0.15, 0.2) is 0 Å². The van der Waals surface area contributed by atoms with Crippen molar-refractivity contribution >= 4 is 17.7 Å². The summed E-state index contributed by atoms with van der Waals surface area (Å²) in [6.45, 7) is 6.60. The molecule has 20 heavy (non-hydrogen) atoms. The quantitative estimate of drug-likeness (QED) is 0.866. The number of carboxylic acid groups (broad SMARTS) is 1. The van der Waals surface area contributed by atoms with E-state index in [0.29, 0.717) is 11.8 Å². The van der Waals surface area contributed by atoms with Crippen LogP contribution in [0, 0.1) is 11.8 Å². The fraction of sp³-hybridized carbons (Fsp3) is 0.588. The van der Waals surface area contributed by atoms with Crippen molar-refractivity contribution < 1.29 is 9.90 Å². The Morgan fingerprint density at radius 3 is 2.45 bits per heavy atom. The van der Waals surface area contributed by atoms with Crippen molar-refractivity contribution in [2.75, 3.05) is 0 Å². The molecule has 2 rings (SSSR count). The molecule has 0 radical (unpaired) electrons. The van der Waals surface area contributed by atoms with Gasteiger partial charge in [0.25, 0.3) is 0 Å². The van der Waals surface area contributed by atoms with Gasteiger partial charge in [-0.15, -0.1) is 11.8 Å². The average Bonchev–Trinajstić information content (AvgIpc) is 2.39. The molecule has 1 aliphatic rings. The number of benzene rings is 1. The van der Waals surface area contributed by atoms with E-state index in [1.807, 2.05) is 0 Å². The van der Waals surface area contributed by atoms with Crippen molar-refractivity contribution in [2.24, 2.45) is 11.8 Å². The van der Waals surface area contributed by atoms with Gasteiger partial charge < -0.3 is 5.11 Å². The summed E-state index contributed by atoms with van der Waals surface area (Å²) in [5.41, 5.74) is 1.33. The number of aliphatic carboxylic acids is 1. The zero-order valence-electron chi connectivity index (χ0n) is 12.5. The molecule has 3 unspecified atom stereocenters. The van der Waals surface area contributed by atoms with Gasteiger partial charge in [0, 0.05) is 10.1 Å². The van der Waals surface area contributed by atoms with Crippen LogP contribution in [0.4, 0.5) is 0 Å². The van der Waals surface area contributed by atoms with E-state index in [4.69, 9.17) is 0 Å². The van der Waals surface area contributed by atoms with Crippen LogP contribution in [-0.4, -0.2) is 16.3 Å². The second kappa shape index (κ2) is 6.66. The molecule has 1 saturated carbocycles. The Labute approximate surface area is 126 Å². The summed E-state index contributed by atoms with van der Waals surface area (Å²) in [5, 5.41) is 9.59. The van der Waals surface area contributed by atoms with Crippen LogP contribution in [0.3, 0.4) is 0 Å². The van der Waals surface area contributed by atoms with E-state index >= 15 is 0 Å². The minimum absolute atomic E-state index is 0.194. The molecule has 1 fully saturated rings. The number of carboxylic acids is 1. The first kappa shape index (κ1) is 15.4. The molecule has 0 aromatic heterocycles. The number of carbonyl (C=O) groups is 1. The summed E-state index contributed by atoms with van der Waals surface area (Å²) < 4.78 is 0. The van der Waals surface area contributed by atoms with E-state index in [9.17, 15) is 9.90 Å². The molecular formula is C17H24O2S. The first-order valence-electron chi connectivity index (χ1n) is 7.46. The first-order chi connectivity index (χ1) is 9.47. The molecule has 0 aliphatic heterocycles. The smallest absolute Gasteiger partial charge is 0.307 e. The van der Waals surface area contributed by atoms with Crippen LogP contribution in [0.1, 0.15) is 51.5 Å². The minimum Gasteiger partial charge on any atom is -0.481 e. The standard InChI is InChI=1S/C17H24O2S/c1-11(2)13-5-7-14(8-6-13)20-16-10-12(3)4-9-15(16)17(18)19/h5-8,11-12,15-16H,4,9-10H2,1-3H3,(H,18,19). The van der Waals surface area contributed by atoms with E-state index in [0.717, 1.165) is 19.3 Å². The van der Waals surface area contributed by atoms with Crippen LogP contribution >= 0.6 is 11.8 Å². The predicted octanol–water partition coefficient (Wildman–Crippen LogP) is 4.79. The largest absolute Gasteiger partial charge is 0.481 e. The Hall–Kier alpha value is -0.960. The Balaban J connectivity index is 2.07. The molecule has 3 heteroatoms. The lowest BCUT2D eigenvalue weighted by Crippen LogP contribution is -2.32. The summed E-state index contributed by atoms with van der Waals surface area (Å²) in [7, 11) is 0. The van der Waals surface area contributed by atoms with Crippen molar-refractivity contribution in [2.45, 2.75) is 56.1 Å². The highest BCUT2D eigenvalue weighted by atomic mass is 32.2. The molecule has 0 amide bonds. The molecule has 110 valence electrons. The van der Waals surface area contributed by atoms with Crippen molar-refractivity contribution in [3.8, 4) is 0 Å². The second-order valence-corrected chi connectivity index (χ2v) is 7.56. The van der Waals surface area contributed by atoms with Gasteiger partial charge >= 0.3 is 5.97 Å². The van der Waals surface area contributed by atoms with Crippen molar-refractivity contribution in [1.29, 1.82) is 0 Å². The molecular weight excluding hydrogens is 268 g/mol. The van der Waals surface area contributed by atoms with Gasteiger partial charge in [0.2, 0.25) is 0 Å². The van der Waals surface area contributed by atoms with Gasteiger partial charge in [0.1, 0.15) is 0 Å². The normalized spacial score (nSPS) is 26.7. The average molecular weight is 292 g/mol. The lowest BCUT2D eigenvalue weighted by atomic mass is 9.82. The molecule has 1 aromatic carbocycles. The zero-order chi connectivity index (χ0) is 14.7. The molecule has 1 aliphatic carbocycles. The summed E-state index contributed by atoms with van der Waals surface area (Å²) in [5.74, 6) is 0.350. The van der Waals surface area contributed by atoms with Crippen molar-refractivity contribution in [1.82, 2.24) is 0 Å². The Morgan fingerprint density at radius 2 is 1.90 bits per heavy atom. The van der Waals surface area contributed by atoms with Crippen molar-refractivity contribution in [3.05, 3.63) is 29.8 Å². The SMILES string of the molecule is CC1CCC(C(=O)O)C(Sc2ccc(C(C)C)cc2)C1. The zero-order valence-corrected chi connectivity index (χ0v) is 13.3. The van der Waals surface area contributed by atoms with Crippen LogP contribution in [0.2, 0.25) is 0 Å². The van der Waals surface area contributed by atoms with Crippen LogP contribution in [-0.2, 0) is 4.79 Å². The van der Waals surface area contributed by atoms with Crippen LogP contribution in [0.5, 0.6) is 0 Å².